The lowest BCUT2D eigenvalue weighted by Crippen LogP contribution is -2.38. The molecule has 0 unspecified atom stereocenters. The molecule has 168 valence electrons. The zero-order valence-corrected chi connectivity index (χ0v) is 18.6. The summed E-state index contributed by atoms with van der Waals surface area (Å²) in [7, 11) is -1.54. The van der Waals surface area contributed by atoms with E-state index in [-0.39, 0.29) is 16.3 Å². The quantitative estimate of drug-likeness (QED) is 0.552. The van der Waals surface area contributed by atoms with Gasteiger partial charge in [0, 0.05) is 11.8 Å². The minimum absolute atomic E-state index is 0.179. The van der Waals surface area contributed by atoms with E-state index in [4.69, 9.17) is 9.47 Å². The minimum Gasteiger partial charge on any atom is -0.493 e. The SMILES string of the molecule is COc1ccc(S(=O)(=O)N(CC(=O)Nc2cccc(C)c2)c2ccccc2F)cc1OC. The predicted molar refractivity (Wildman–Crippen MR) is 120 cm³/mol. The highest BCUT2D eigenvalue weighted by Gasteiger charge is 2.30. The first-order valence-corrected chi connectivity index (χ1v) is 11.1. The van der Waals surface area contributed by atoms with Crippen molar-refractivity contribution in [1.82, 2.24) is 0 Å². The van der Waals surface area contributed by atoms with Crippen LogP contribution in [0.25, 0.3) is 0 Å². The van der Waals surface area contributed by atoms with Crippen LogP contribution in [-0.2, 0) is 14.8 Å². The van der Waals surface area contributed by atoms with E-state index >= 15 is 0 Å². The number of rotatable bonds is 8. The van der Waals surface area contributed by atoms with Crippen molar-refractivity contribution in [3.63, 3.8) is 0 Å². The van der Waals surface area contributed by atoms with Crippen molar-refractivity contribution in [2.75, 3.05) is 30.4 Å². The largest absolute Gasteiger partial charge is 0.493 e. The van der Waals surface area contributed by atoms with Crippen LogP contribution in [0.2, 0.25) is 0 Å². The number of hydrogen-bond donors (Lipinski definition) is 1. The lowest BCUT2D eigenvalue weighted by molar-refractivity contribution is -0.114. The van der Waals surface area contributed by atoms with E-state index in [1.165, 1.54) is 50.6 Å². The Bertz CT molecular complexity index is 1230. The average molecular weight is 459 g/mol. The molecule has 0 radical (unpaired) electrons. The first kappa shape index (κ1) is 23.1. The molecule has 0 aliphatic heterocycles. The first-order valence-electron chi connectivity index (χ1n) is 9.62. The maximum Gasteiger partial charge on any atom is 0.265 e. The Morgan fingerprint density at radius 2 is 1.69 bits per heavy atom. The number of anilines is 2. The van der Waals surface area contributed by atoms with Crippen LogP contribution in [0.15, 0.2) is 71.6 Å². The van der Waals surface area contributed by atoms with Gasteiger partial charge in [-0.1, -0.05) is 24.3 Å². The number of para-hydroxylation sites is 1. The molecule has 0 saturated carbocycles. The molecule has 0 aliphatic carbocycles. The fourth-order valence-corrected chi connectivity index (χ4v) is 4.56. The Balaban J connectivity index is 2.01. The predicted octanol–water partition coefficient (Wildman–Crippen LogP) is 3.99. The van der Waals surface area contributed by atoms with Crippen molar-refractivity contribution < 1.29 is 27.1 Å². The zero-order valence-electron chi connectivity index (χ0n) is 17.8. The Hall–Kier alpha value is -3.59. The Morgan fingerprint density at radius 1 is 0.969 bits per heavy atom. The first-order chi connectivity index (χ1) is 15.3. The second-order valence-corrected chi connectivity index (χ2v) is 8.76. The molecular weight excluding hydrogens is 435 g/mol. The number of nitrogens with one attached hydrogen (secondary N) is 1. The molecule has 0 spiro atoms. The maximum atomic E-state index is 14.6. The molecule has 0 fully saturated rings. The second kappa shape index (κ2) is 9.69. The number of sulfonamides is 1. The van der Waals surface area contributed by atoms with Gasteiger partial charge in [0.25, 0.3) is 10.0 Å². The van der Waals surface area contributed by atoms with E-state index in [0.29, 0.717) is 11.4 Å². The molecule has 0 heterocycles. The smallest absolute Gasteiger partial charge is 0.265 e. The zero-order chi connectivity index (χ0) is 23.3. The molecule has 0 saturated heterocycles. The third-order valence-electron chi connectivity index (χ3n) is 4.65. The summed E-state index contributed by atoms with van der Waals surface area (Å²) >= 11 is 0. The molecule has 0 atom stereocenters. The molecular formula is C23H23FN2O5S. The van der Waals surface area contributed by atoms with Crippen LogP contribution in [0, 0.1) is 12.7 Å². The molecule has 3 aromatic rings. The Kier molecular flexibility index (Phi) is 6.99. The highest BCUT2D eigenvalue weighted by Crippen LogP contribution is 2.32. The lowest BCUT2D eigenvalue weighted by atomic mass is 10.2. The molecule has 3 rings (SSSR count). The molecule has 1 N–H and O–H groups in total. The van der Waals surface area contributed by atoms with Gasteiger partial charge in [0.2, 0.25) is 5.91 Å². The van der Waals surface area contributed by atoms with Crippen LogP contribution >= 0.6 is 0 Å². The number of carbonyl (C=O) groups excluding carboxylic acids is 1. The summed E-state index contributed by atoms with van der Waals surface area (Å²) in [4.78, 5) is 12.6. The molecule has 32 heavy (non-hydrogen) atoms. The summed E-state index contributed by atoms with van der Waals surface area (Å²) in [6, 6.07) is 16.4. The van der Waals surface area contributed by atoms with E-state index in [0.717, 1.165) is 15.9 Å². The number of carbonyl (C=O) groups is 1. The summed E-state index contributed by atoms with van der Waals surface area (Å²) in [5, 5.41) is 2.65. The highest BCUT2D eigenvalue weighted by atomic mass is 32.2. The highest BCUT2D eigenvalue weighted by molar-refractivity contribution is 7.92. The standard InChI is InChI=1S/C23H23FN2O5S/c1-16-7-6-8-17(13-16)25-23(27)15-26(20-10-5-4-9-19(20)24)32(28,29)18-11-12-21(30-2)22(14-18)31-3/h4-14H,15H2,1-3H3,(H,25,27). The number of methoxy groups -OCH3 is 2. The second-order valence-electron chi connectivity index (χ2n) is 6.90. The molecule has 1 amide bonds. The van der Waals surface area contributed by atoms with Crippen molar-refractivity contribution in [3.05, 3.63) is 78.1 Å². The molecule has 3 aromatic carbocycles. The van der Waals surface area contributed by atoms with Gasteiger partial charge in [-0.25, -0.2) is 12.8 Å². The number of benzene rings is 3. The van der Waals surface area contributed by atoms with Crippen LogP contribution in [0.1, 0.15) is 5.56 Å². The van der Waals surface area contributed by atoms with Crippen LogP contribution in [-0.4, -0.2) is 35.1 Å². The van der Waals surface area contributed by atoms with E-state index in [1.54, 1.807) is 18.2 Å². The van der Waals surface area contributed by atoms with Gasteiger partial charge in [0.15, 0.2) is 11.5 Å². The van der Waals surface area contributed by atoms with Crippen LogP contribution in [0.3, 0.4) is 0 Å². The number of ether oxygens (including phenoxy) is 2. The number of halogens is 1. The van der Waals surface area contributed by atoms with Crippen molar-refractivity contribution in [1.29, 1.82) is 0 Å². The summed E-state index contributed by atoms with van der Waals surface area (Å²) in [5.74, 6) is -0.879. The number of nitrogens with zero attached hydrogens (tertiary/aromatic N) is 1. The number of amides is 1. The van der Waals surface area contributed by atoms with E-state index in [1.807, 2.05) is 13.0 Å². The fourth-order valence-electron chi connectivity index (χ4n) is 3.11. The van der Waals surface area contributed by atoms with Gasteiger partial charge >= 0.3 is 0 Å². The van der Waals surface area contributed by atoms with Gasteiger partial charge in [0.05, 0.1) is 24.8 Å². The van der Waals surface area contributed by atoms with Gasteiger partial charge < -0.3 is 14.8 Å². The van der Waals surface area contributed by atoms with Crippen molar-refractivity contribution in [2.45, 2.75) is 11.8 Å². The monoisotopic (exact) mass is 458 g/mol. The third-order valence-corrected chi connectivity index (χ3v) is 6.41. The molecule has 0 aliphatic rings. The number of aryl methyl sites for hydroxylation is 1. The normalized spacial score (nSPS) is 11.0. The third kappa shape index (κ3) is 5.00. The molecule has 7 nitrogen and oxygen atoms in total. The summed E-state index contributed by atoms with van der Waals surface area (Å²) in [5.41, 5.74) is 1.18. The summed E-state index contributed by atoms with van der Waals surface area (Å²) in [6.45, 7) is 1.23. The van der Waals surface area contributed by atoms with Crippen molar-refractivity contribution >= 4 is 27.3 Å². The van der Waals surface area contributed by atoms with Crippen LogP contribution in [0.5, 0.6) is 11.5 Å². The average Bonchev–Trinajstić information content (AvgIpc) is 2.77. The lowest BCUT2D eigenvalue weighted by Gasteiger charge is -2.25. The van der Waals surface area contributed by atoms with Gasteiger partial charge in [0.1, 0.15) is 12.4 Å². The maximum absolute atomic E-state index is 14.6. The summed E-state index contributed by atoms with van der Waals surface area (Å²) in [6.07, 6.45) is 0. The van der Waals surface area contributed by atoms with Crippen LogP contribution < -0.4 is 19.1 Å². The van der Waals surface area contributed by atoms with E-state index < -0.39 is 28.3 Å². The Labute approximate surface area is 186 Å². The van der Waals surface area contributed by atoms with Gasteiger partial charge in [-0.15, -0.1) is 0 Å². The topological polar surface area (TPSA) is 84.9 Å². The van der Waals surface area contributed by atoms with E-state index in [2.05, 4.69) is 5.32 Å². The minimum atomic E-state index is -4.33. The molecule has 0 aromatic heterocycles. The molecule has 0 bridgehead atoms. The number of hydrogen-bond acceptors (Lipinski definition) is 5. The van der Waals surface area contributed by atoms with Crippen molar-refractivity contribution in [2.24, 2.45) is 0 Å². The van der Waals surface area contributed by atoms with Crippen LogP contribution in [0.4, 0.5) is 15.8 Å². The van der Waals surface area contributed by atoms with E-state index in [9.17, 15) is 17.6 Å². The van der Waals surface area contributed by atoms with Crippen molar-refractivity contribution in [3.8, 4) is 11.5 Å². The fraction of sp³-hybridized carbons (Fsp3) is 0.174. The molecule has 9 heteroatoms. The van der Waals surface area contributed by atoms with Gasteiger partial charge in [-0.05, 0) is 48.9 Å². The Morgan fingerprint density at radius 3 is 2.34 bits per heavy atom. The summed E-state index contributed by atoms with van der Waals surface area (Å²) < 4.78 is 52.6. The van der Waals surface area contributed by atoms with Gasteiger partial charge in [-0.3, -0.25) is 9.10 Å². The van der Waals surface area contributed by atoms with Gasteiger partial charge in [-0.2, -0.15) is 0 Å².